The summed E-state index contributed by atoms with van der Waals surface area (Å²) >= 11 is 0. The molecule has 0 rings (SSSR count). The minimum absolute atomic E-state index is 0. The smallest absolute Gasteiger partial charge is 0.543 e. The Morgan fingerprint density at radius 3 is 1.11 bits per heavy atom. The van der Waals surface area contributed by atoms with E-state index in [1.54, 1.807) is 0 Å². The summed E-state index contributed by atoms with van der Waals surface area (Å²) in [5.41, 5.74) is 0. The van der Waals surface area contributed by atoms with Crippen LogP contribution in [-0.4, -0.2) is 11.9 Å². The number of rotatable bonds is 0. The molecule has 0 unspecified atom stereocenters. The first kappa shape index (κ1) is 22.6. The molecule has 35 valence electrons. The van der Waals surface area contributed by atoms with Crippen LogP contribution in [-0.2, 0) is 9.59 Å². The Kier molecular flexibility index (Phi) is 33.9. The first-order valence-electron chi connectivity index (χ1n) is 1.07. The first-order chi connectivity index (χ1) is 2.64. The molecule has 0 N–H and O–H groups in total. The number of aliphatic carboxylic acids is 2. The number of hydrogen-bond donors (Lipinski definition) is 0. The van der Waals surface area contributed by atoms with E-state index in [1.165, 1.54) is 0 Å². The molecule has 0 heterocycles. The molecule has 0 amide bonds. The number of carbonyl (C=O) groups is 2. The molecule has 7 heteroatoms. The van der Waals surface area contributed by atoms with Crippen LogP contribution in [0.1, 0.15) is 0 Å². The molecule has 0 fully saturated rings. The molecule has 0 atom stereocenters. The van der Waals surface area contributed by atoms with E-state index in [-0.39, 0.29) is 119 Å². The molecule has 0 aliphatic carbocycles. The topological polar surface area (TPSA) is 80.3 Å². The zero-order valence-corrected chi connectivity index (χ0v) is 14.8. The van der Waals surface area contributed by atoms with E-state index in [9.17, 15) is 0 Å². The van der Waals surface area contributed by atoms with Gasteiger partial charge in [0, 0.05) is 0 Å². The van der Waals surface area contributed by atoms with Crippen molar-refractivity contribution in [3.8, 4) is 0 Å². The average Bonchev–Trinajstić information content (AvgIpc) is 1.36. The quantitative estimate of drug-likeness (QED) is 0.319. The second kappa shape index (κ2) is 13.5. The van der Waals surface area contributed by atoms with E-state index in [4.69, 9.17) is 19.8 Å². The molecule has 0 aromatic rings. The van der Waals surface area contributed by atoms with Crippen LogP contribution >= 0.6 is 0 Å². The van der Waals surface area contributed by atoms with E-state index in [1.807, 2.05) is 0 Å². The molecule has 0 aliphatic heterocycles. The van der Waals surface area contributed by atoms with Crippen molar-refractivity contribution < 1.29 is 138 Å². The molecule has 0 aliphatic rings. The molecule has 0 spiro atoms. The summed E-state index contributed by atoms with van der Waals surface area (Å²) in [6, 6.07) is 0. The van der Waals surface area contributed by atoms with Gasteiger partial charge in [-0.2, -0.15) is 0 Å². The summed E-state index contributed by atoms with van der Waals surface area (Å²) in [5, 5.41) is 17.9. The van der Waals surface area contributed by atoms with E-state index in [0.717, 1.165) is 0 Å². The number of hydrogen-bond acceptors (Lipinski definition) is 4. The Morgan fingerprint density at radius 1 is 1.00 bits per heavy atom. The van der Waals surface area contributed by atoms with E-state index in [2.05, 4.69) is 0 Å². The molecule has 4 nitrogen and oxygen atoms in total. The first-order valence-corrected chi connectivity index (χ1v) is 1.07. The third-order valence-corrected chi connectivity index (χ3v) is 0.167. The molecule has 0 aromatic heterocycles. The number of carboxylic acid groups (broad SMARTS) is 2. The summed E-state index contributed by atoms with van der Waals surface area (Å²) in [6.45, 7) is 0. The van der Waals surface area contributed by atoms with Gasteiger partial charge in [0.25, 0.3) is 0 Å². The van der Waals surface area contributed by atoms with Crippen LogP contribution in [0, 0.1) is 119 Å². The van der Waals surface area contributed by atoms with Crippen LogP contribution in [0.5, 0.6) is 0 Å². The zero-order chi connectivity index (χ0) is 5.15. The number of carbonyl (C=O) groups excluding carboxylic acids is 2. The minimum Gasteiger partial charge on any atom is -0.543 e. The predicted molar refractivity (Wildman–Crippen MR) is 10.0 cm³/mol. The molecule has 0 bridgehead atoms. The van der Waals surface area contributed by atoms with Gasteiger partial charge in [-0.05, 0) is 0 Å². The molecule has 9 heavy (non-hydrogen) atoms. The second-order valence-corrected chi connectivity index (χ2v) is 0.575. The van der Waals surface area contributed by atoms with E-state index < -0.39 is 11.9 Å². The summed E-state index contributed by atoms with van der Waals surface area (Å²) in [4.78, 5) is 17.9. The fourth-order valence-electron chi connectivity index (χ4n) is 0. The normalized spacial score (nSPS) is 4.89. The molecular weight excluding hydrogens is 508 g/mol. The van der Waals surface area contributed by atoms with E-state index >= 15 is 0 Å². The summed E-state index contributed by atoms with van der Waals surface area (Å²) < 4.78 is 0. The largest absolute Gasteiger partial charge is 3.00 e. The SMILES string of the molecule is O=C([O-])C(=O)[O-].[Ce+3].[La+3].[Pr+3]. The van der Waals surface area contributed by atoms with Gasteiger partial charge in [0.1, 0.15) is 0 Å². The maximum atomic E-state index is 8.93. The molecule has 0 saturated carbocycles. The molecule has 1 radical (unpaired) electrons. The summed E-state index contributed by atoms with van der Waals surface area (Å²) in [6.07, 6.45) is 0. The Morgan fingerprint density at radius 2 is 1.11 bits per heavy atom. The van der Waals surface area contributed by atoms with Gasteiger partial charge in [-0.3, -0.25) is 0 Å². The van der Waals surface area contributed by atoms with Crippen molar-refractivity contribution in [1.82, 2.24) is 0 Å². The molecule has 0 saturated heterocycles. The third kappa shape index (κ3) is 18.1. The minimum atomic E-state index is -2.19. The van der Waals surface area contributed by atoms with Crippen molar-refractivity contribution in [3.63, 3.8) is 0 Å². The van der Waals surface area contributed by atoms with Crippen LogP contribution in [0.2, 0.25) is 0 Å². The van der Waals surface area contributed by atoms with Crippen LogP contribution in [0.15, 0.2) is 0 Å². The van der Waals surface area contributed by atoms with Crippen molar-refractivity contribution in [2.75, 3.05) is 0 Å². The standard InChI is InChI=1S/C2H2O4.Ce.La.Pr/c3-1(4)2(5)6;;;/h(H,3,4)(H,5,6);;;/q;3*+3/p-2. The Hall–Kier alpha value is 2.88. The van der Waals surface area contributed by atoms with Gasteiger partial charge in [0.05, 0.1) is 11.9 Å². The van der Waals surface area contributed by atoms with E-state index in [0.29, 0.717) is 0 Å². The maximum absolute atomic E-state index is 8.93. The number of carboxylic acids is 2. The van der Waals surface area contributed by atoms with Gasteiger partial charge in [0.15, 0.2) is 0 Å². The Labute approximate surface area is 146 Å². The van der Waals surface area contributed by atoms with Gasteiger partial charge in [-0.25, -0.2) is 0 Å². The zero-order valence-electron chi connectivity index (χ0n) is 4.29. The van der Waals surface area contributed by atoms with Crippen molar-refractivity contribution >= 4 is 11.9 Å². The Balaban J connectivity index is -0.0000000417. The molecule has 0 aromatic carbocycles. The van der Waals surface area contributed by atoms with Crippen LogP contribution in [0.4, 0.5) is 0 Å². The van der Waals surface area contributed by atoms with Crippen LogP contribution in [0.3, 0.4) is 0 Å². The van der Waals surface area contributed by atoms with Crippen molar-refractivity contribution in [2.45, 2.75) is 0 Å². The maximum Gasteiger partial charge on any atom is 3.00 e. The van der Waals surface area contributed by atoms with Crippen LogP contribution in [0.25, 0.3) is 0 Å². The molecular formula is C2CeLaO4Pr+7. The van der Waals surface area contributed by atoms with Gasteiger partial charge in [0.2, 0.25) is 0 Å². The van der Waals surface area contributed by atoms with Gasteiger partial charge < -0.3 is 19.8 Å². The van der Waals surface area contributed by atoms with Gasteiger partial charge >= 0.3 is 119 Å². The summed E-state index contributed by atoms with van der Waals surface area (Å²) in [5.74, 6) is -4.37. The van der Waals surface area contributed by atoms with Crippen molar-refractivity contribution in [1.29, 1.82) is 0 Å². The van der Waals surface area contributed by atoms with Gasteiger partial charge in [-0.1, -0.05) is 0 Å². The summed E-state index contributed by atoms with van der Waals surface area (Å²) in [7, 11) is 0. The second-order valence-electron chi connectivity index (χ2n) is 0.575. The monoisotopic (exact) mass is 508 g/mol. The fraction of sp³-hybridized carbons (Fsp3) is 0. The fourth-order valence-corrected chi connectivity index (χ4v) is 0. The van der Waals surface area contributed by atoms with Gasteiger partial charge in [-0.15, -0.1) is 0 Å². The average molecular weight is 508 g/mol. The predicted octanol–water partition coefficient (Wildman–Crippen LogP) is -3.51. The van der Waals surface area contributed by atoms with Crippen molar-refractivity contribution in [3.05, 3.63) is 0 Å². The third-order valence-electron chi connectivity index (χ3n) is 0.167. The van der Waals surface area contributed by atoms with Crippen LogP contribution < -0.4 is 10.2 Å². The van der Waals surface area contributed by atoms with Crippen molar-refractivity contribution in [2.24, 2.45) is 0 Å². The Bertz CT molecular complexity index is 84.6.